The maximum Gasteiger partial charge on any atom is 0.433 e. The number of ether oxygens (including phenoxy) is 1. The predicted octanol–water partition coefficient (Wildman–Crippen LogP) is 3.84. The Hall–Kier alpha value is -2.15. The van der Waals surface area contributed by atoms with Crippen molar-refractivity contribution in [1.29, 1.82) is 0 Å². The monoisotopic (exact) mass is 312 g/mol. The van der Waals surface area contributed by atoms with Crippen LogP contribution in [0.25, 0.3) is 0 Å². The molecule has 0 aliphatic rings. The van der Waals surface area contributed by atoms with E-state index in [1.165, 1.54) is 0 Å². The molecular weight excluding hydrogens is 301 g/mol. The molecule has 0 radical (unpaired) electrons. The molecule has 0 fully saturated rings. The minimum atomic E-state index is -4.57. The highest BCUT2D eigenvalue weighted by Gasteiger charge is 2.33. The van der Waals surface area contributed by atoms with E-state index in [-0.39, 0.29) is 16.4 Å². The zero-order valence-corrected chi connectivity index (χ0v) is 11.8. The summed E-state index contributed by atoms with van der Waals surface area (Å²) in [7, 11) is 0. The fourth-order valence-electron chi connectivity index (χ4n) is 1.58. The summed E-state index contributed by atoms with van der Waals surface area (Å²) in [6.07, 6.45) is -4.57. The summed E-state index contributed by atoms with van der Waals surface area (Å²) in [4.78, 5) is 3.38. The van der Waals surface area contributed by atoms with Crippen LogP contribution in [0.1, 0.15) is 16.8 Å². The number of nitrogens with zero attached hydrogens (tertiary/aromatic N) is 1. The molecule has 0 aliphatic carbocycles. The topological polar surface area (TPSA) is 48.1 Å². The van der Waals surface area contributed by atoms with Crippen molar-refractivity contribution < 1.29 is 17.9 Å². The average Bonchev–Trinajstić information content (AvgIpc) is 2.40. The van der Waals surface area contributed by atoms with Gasteiger partial charge < -0.3 is 10.5 Å². The first kappa shape index (κ1) is 15.2. The van der Waals surface area contributed by atoms with Crippen LogP contribution >= 0.6 is 12.2 Å². The van der Waals surface area contributed by atoms with Gasteiger partial charge in [-0.2, -0.15) is 13.2 Å². The normalized spacial score (nSPS) is 11.2. The van der Waals surface area contributed by atoms with E-state index in [1.807, 2.05) is 6.92 Å². The van der Waals surface area contributed by atoms with E-state index < -0.39 is 11.9 Å². The molecular formula is C14H11F3N2OS. The molecule has 0 amide bonds. The number of nitrogens with two attached hydrogens (primary N) is 1. The minimum Gasteiger partial charge on any atom is -0.438 e. The van der Waals surface area contributed by atoms with Gasteiger partial charge >= 0.3 is 6.18 Å². The fourth-order valence-corrected chi connectivity index (χ4v) is 1.74. The lowest BCUT2D eigenvalue weighted by atomic mass is 10.2. The molecule has 1 aromatic carbocycles. The maximum atomic E-state index is 12.7. The largest absolute Gasteiger partial charge is 0.438 e. The number of aryl methyl sites for hydroxylation is 1. The maximum absolute atomic E-state index is 12.7. The molecule has 2 N–H and O–H groups in total. The zero-order chi connectivity index (χ0) is 15.6. The van der Waals surface area contributed by atoms with Gasteiger partial charge in [-0.3, -0.25) is 0 Å². The Morgan fingerprint density at radius 2 is 1.76 bits per heavy atom. The predicted molar refractivity (Wildman–Crippen MR) is 76.4 cm³/mol. The summed E-state index contributed by atoms with van der Waals surface area (Å²) < 4.78 is 43.5. The van der Waals surface area contributed by atoms with Crippen molar-refractivity contribution in [3.05, 3.63) is 53.2 Å². The van der Waals surface area contributed by atoms with Crippen molar-refractivity contribution in [2.45, 2.75) is 13.1 Å². The lowest BCUT2D eigenvalue weighted by molar-refractivity contribution is -0.141. The van der Waals surface area contributed by atoms with Crippen LogP contribution in [0.3, 0.4) is 0 Å². The summed E-state index contributed by atoms with van der Waals surface area (Å²) in [5.41, 5.74) is 5.56. The highest BCUT2D eigenvalue weighted by atomic mass is 32.1. The number of aromatic nitrogens is 1. The van der Waals surface area contributed by atoms with Crippen LogP contribution in [0.5, 0.6) is 11.6 Å². The molecule has 2 rings (SSSR count). The van der Waals surface area contributed by atoms with E-state index in [1.54, 1.807) is 24.3 Å². The Morgan fingerprint density at radius 3 is 2.29 bits per heavy atom. The van der Waals surface area contributed by atoms with Gasteiger partial charge in [-0.1, -0.05) is 29.9 Å². The molecule has 0 bridgehead atoms. The second kappa shape index (κ2) is 5.69. The van der Waals surface area contributed by atoms with Crippen molar-refractivity contribution in [2.75, 3.05) is 0 Å². The van der Waals surface area contributed by atoms with Gasteiger partial charge in [0.2, 0.25) is 5.88 Å². The first-order valence-corrected chi connectivity index (χ1v) is 6.31. The first-order chi connectivity index (χ1) is 9.77. The lowest BCUT2D eigenvalue weighted by Gasteiger charge is -2.12. The van der Waals surface area contributed by atoms with Crippen LogP contribution in [0.2, 0.25) is 0 Å². The van der Waals surface area contributed by atoms with Crippen molar-refractivity contribution in [3.8, 4) is 11.6 Å². The van der Waals surface area contributed by atoms with Gasteiger partial charge in [0.1, 0.15) is 16.4 Å². The van der Waals surface area contributed by atoms with E-state index in [0.717, 1.165) is 17.7 Å². The summed E-state index contributed by atoms with van der Waals surface area (Å²) in [6.45, 7) is 1.88. The number of thiocarbonyl (C=S) groups is 1. The second-order valence-electron chi connectivity index (χ2n) is 4.33. The second-order valence-corrected chi connectivity index (χ2v) is 4.77. The van der Waals surface area contributed by atoms with E-state index >= 15 is 0 Å². The number of rotatable bonds is 3. The molecule has 2 aromatic rings. The zero-order valence-electron chi connectivity index (χ0n) is 10.9. The van der Waals surface area contributed by atoms with Crippen molar-refractivity contribution in [1.82, 2.24) is 4.98 Å². The van der Waals surface area contributed by atoms with Gasteiger partial charge in [0.15, 0.2) is 0 Å². The average molecular weight is 312 g/mol. The van der Waals surface area contributed by atoms with Gasteiger partial charge in [0.25, 0.3) is 0 Å². The van der Waals surface area contributed by atoms with Gasteiger partial charge in [-0.25, -0.2) is 4.98 Å². The highest BCUT2D eigenvalue weighted by Crippen LogP contribution is 2.31. The minimum absolute atomic E-state index is 0.0849. The van der Waals surface area contributed by atoms with E-state index in [0.29, 0.717) is 5.75 Å². The molecule has 0 unspecified atom stereocenters. The molecule has 7 heteroatoms. The van der Waals surface area contributed by atoms with Gasteiger partial charge in [0, 0.05) is 0 Å². The Labute approximate surface area is 124 Å². The summed E-state index contributed by atoms with van der Waals surface area (Å²) in [5.74, 6) is 0.0890. The van der Waals surface area contributed by atoms with Gasteiger partial charge in [-0.15, -0.1) is 0 Å². The van der Waals surface area contributed by atoms with Crippen molar-refractivity contribution in [2.24, 2.45) is 5.73 Å². The smallest absolute Gasteiger partial charge is 0.433 e. The van der Waals surface area contributed by atoms with Crippen LogP contribution in [-0.2, 0) is 6.18 Å². The van der Waals surface area contributed by atoms with E-state index in [2.05, 4.69) is 4.98 Å². The van der Waals surface area contributed by atoms with Crippen LogP contribution in [-0.4, -0.2) is 9.97 Å². The van der Waals surface area contributed by atoms with Crippen molar-refractivity contribution in [3.63, 3.8) is 0 Å². The number of pyridine rings is 1. The number of alkyl halides is 3. The molecule has 110 valence electrons. The molecule has 0 spiro atoms. The van der Waals surface area contributed by atoms with E-state index in [9.17, 15) is 13.2 Å². The summed E-state index contributed by atoms with van der Waals surface area (Å²) in [5, 5.41) is 0. The molecule has 21 heavy (non-hydrogen) atoms. The Balaban J connectivity index is 2.43. The SMILES string of the molecule is Cc1ccc(Oc2nc(C(F)(F)F)ccc2C(N)=S)cc1. The van der Waals surface area contributed by atoms with Crippen LogP contribution < -0.4 is 10.5 Å². The third kappa shape index (κ3) is 3.69. The summed E-state index contributed by atoms with van der Waals surface area (Å²) >= 11 is 4.80. The van der Waals surface area contributed by atoms with Crippen LogP contribution in [0, 0.1) is 6.92 Å². The molecule has 0 saturated heterocycles. The highest BCUT2D eigenvalue weighted by molar-refractivity contribution is 7.80. The molecule has 0 aliphatic heterocycles. The number of benzene rings is 1. The van der Waals surface area contributed by atoms with Gasteiger partial charge in [0.05, 0.1) is 5.56 Å². The Bertz CT molecular complexity index is 669. The fraction of sp³-hybridized carbons (Fsp3) is 0.143. The van der Waals surface area contributed by atoms with Crippen LogP contribution in [0.15, 0.2) is 36.4 Å². The summed E-state index contributed by atoms with van der Waals surface area (Å²) in [6, 6.07) is 8.76. The lowest BCUT2D eigenvalue weighted by Crippen LogP contribution is -2.15. The Morgan fingerprint density at radius 1 is 1.14 bits per heavy atom. The Kier molecular flexibility index (Phi) is 4.13. The first-order valence-electron chi connectivity index (χ1n) is 5.90. The standard InChI is InChI=1S/C14H11F3N2OS/c1-8-2-4-9(5-3-8)20-13-10(12(18)21)6-7-11(19-13)14(15,16)17/h2-7H,1H3,(H2,18,21). The number of halogens is 3. The molecule has 0 saturated carbocycles. The quantitative estimate of drug-likeness (QED) is 0.875. The molecule has 1 heterocycles. The van der Waals surface area contributed by atoms with Crippen LogP contribution in [0.4, 0.5) is 13.2 Å². The molecule has 3 nitrogen and oxygen atoms in total. The number of hydrogen-bond donors (Lipinski definition) is 1. The van der Waals surface area contributed by atoms with Gasteiger partial charge in [-0.05, 0) is 31.2 Å². The third-order valence-corrected chi connectivity index (χ3v) is 2.87. The van der Waals surface area contributed by atoms with Crippen molar-refractivity contribution >= 4 is 17.2 Å². The third-order valence-electron chi connectivity index (χ3n) is 2.65. The molecule has 0 atom stereocenters. The molecule has 1 aromatic heterocycles. The number of hydrogen-bond acceptors (Lipinski definition) is 3. The van der Waals surface area contributed by atoms with E-state index in [4.69, 9.17) is 22.7 Å².